The standard InChI is InChI=1S/C16H22N2O3/c1-5-11-9-14(18(6-2)17-11)16(19)13-8-7-12(20-3)10-15(13)21-4/h7-10,16,19H,5-6H2,1-4H3. The normalized spacial score (nSPS) is 12.2. The lowest BCUT2D eigenvalue weighted by Crippen LogP contribution is -2.10. The van der Waals surface area contributed by atoms with Crippen LogP contribution in [0.3, 0.4) is 0 Å². The predicted octanol–water partition coefficient (Wildman–Crippen LogP) is 2.56. The zero-order valence-electron chi connectivity index (χ0n) is 13.0. The predicted molar refractivity (Wildman–Crippen MR) is 80.9 cm³/mol. The number of hydrogen-bond donors (Lipinski definition) is 1. The lowest BCUT2D eigenvalue weighted by molar-refractivity contribution is 0.202. The van der Waals surface area contributed by atoms with Crippen molar-refractivity contribution in [1.82, 2.24) is 9.78 Å². The summed E-state index contributed by atoms with van der Waals surface area (Å²) in [6.45, 7) is 4.77. The molecule has 1 heterocycles. The molecule has 0 aliphatic heterocycles. The van der Waals surface area contributed by atoms with Crippen molar-refractivity contribution >= 4 is 0 Å². The Balaban J connectivity index is 2.43. The first-order valence-electron chi connectivity index (χ1n) is 7.11. The highest BCUT2D eigenvalue weighted by atomic mass is 16.5. The molecule has 0 radical (unpaired) electrons. The fraction of sp³-hybridized carbons (Fsp3) is 0.438. The van der Waals surface area contributed by atoms with Crippen LogP contribution in [-0.4, -0.2) is 29.1 Å². The number of aromatic nitrogens is 2. The monoisotopic (exact) mass is 290 g/mol. The maximum atomic E-state index is 10.7. The molecule has 1 aromatic carbocycles. The summed E-state index contributed by atoms with van der Waals surface area (Å²) in [5, 5.41) is 15.2. The number of methoxy groups -OCH3 is 2. The van der Waals surface area contributed by atoms with Crippen molar-refractivity contribution in [3.8, 4) is 11.5 Å². The molecule has 21 heavy (non-hydrogen) atoms. The molecule has 0 fully saturated rings. The summed E-state index contributed by atoms with van der Waals surface area (Å²) in [6, 6.07) is 7.35. The Labute approximate surface area is 125 Å². The highest BCUT2D eigenvalue weighted by Gasteiger charge is 2.20. The summed E-state index contributed by atoms with van der Waals surface area (Å²) in [6.07, 6.45) is 0.0607. The minimum atomic E-state index is -0.779. The Morgan fingerprint density at radius 3 is 2.52 bits per heavy atom. The summed E-state index contributed by atoms with van der Waals surface area (Å²) in [5.74, 6) is 1.30. The molecule has 0 saturated carbocycles. The van der Waals surface area contributed by atoms with E-state index in [1.807, 2.05) is 36.7 Å². The molecule has 0 saturated heterocycles. The minimum absolute atomic E-state index is 0.601. The third-order valence-corrected chi connectivity index (χ3v) is 3.54. The molecule has 5 heteroatoms. The molecular weight excluding hydrogens is 268 g/mol. The quantitative estimate of drug-likeness (QED) is 0.888. The molecule has 0 aliphatic rings. The van der Waals surface area contributed by atoms with Gasteiger partial charge in [0.15, 0.2) is 0 Å². The summed E-state index contributed by atoms with van der Waals surface area (Å²) in [4.78, 5) is 0. The molecule has 1 N–H and O–H groups in total. The van der Waals surface area contributed by atoms with Gasteiger partial charge in [-0.3, -0.25) is 4.68 Å². The van der Waals surface area contributed by atoms with Gasteiger partial charge in [-0.05, 0) is 31.5 Å². The van der Waals surface area contributed by atoms with Crippen molar-refractivity contribution in [2.75, 3.05) is 14.2 Å². The fourth-order valence-electron chi connectivity index (χ4n) is 2.34. The SMILES string of the molecule is CCc1cc(C(O)c2ccc(OC)cc2OC)n(CC)n1. The average molecular weight is 290 g/mol. The van der Waals surface area contributed by atoms with E-state index in [9.17, 15) is 5.11 Å². The molecule has 1 atom stereocenters. The number of rotatable bonds is 6. The lowest BCUT2D eigenvalue weighted by atomic mass is 10.0. The van der Waals surface area contributed by atoms with E-state index in [1.165, 1.54) is 0 Å². The second-order valence-electron chi connectivity index (χ2n) is 4.74. The van der Waals surface area contributed by atoms with Crippen molar-refractivity contribution in [2.24, 2.45) is 0 Å². The van der Waals surface area contributed by atoms with Crippen LogP contribution >= 0.6 is 0 Å². The van der Waals surface area contributed by atoms with Crippen LogP contribution in [0.1, 0.15) is 36.9 Å². The molecular formula is C16H22N2O3. The van der Waals surface area contributed by atoms with Crippen LogP contribution in [0.15, 0.2) is 24.3 Å². The highest BCUT2D eigenvalue weighted by Crippen LogP contribution is 2.33. The fourth-order valence-corrected chi connectivity index (χ4v) is 2.34. The first-order chi connectivity index (χ1) is 10.1. The molecule has 1 unspecified atom stereocenters. The Morgan fingerprint density at radius 1 is 1.19 bits per heavy atom. The van der Waals surface area contributed by atoms with Crippen LogP contribution in [0.5, 0.6) is 11.5 Å². The molecule has 114 valence electrons. The topological polar surface area (TPSA) is 56.5 Å². The van der Waals surface area contributed by atoms with Crippen molar-refractivity contribution in [3.05, 3.63) is 41.2 Å². The van der Waals surface area contributed by atoms with Gasteiger partial charge in [0.25, 0.3) is 0 Å². The first kappa shape index (κ1) is 15.4. The Bertz CT molecular complexity index is 608. The van der Waals surface area contributed by atoms with Gasteiger partial charge in [0.2, 0.25) is 0 Å². The van der Waals surface area contributed by atoms with Crippen LogP contribution in [0.4, 0.5) is 0 Å². The van der Waals surface area contributed by atoms with Crippen LogP contribution in [-0.2, 0) is 13.0 Å². The van der Waals surface area contributed by atoms with Crippen LogP contribution in [0, 0.1) is 0 Å². The second kappa shape index (κ2) is 6.63. The smallest absolute Gasteiger partial charge is 0.128 e. The van der Waals surface area contributed by atoms with Crippen LogP contribution in [0.25, 0.3) is 0 Å². The van der Waals surface area contributed by atoms with Crippen molar-refractivity contribution < 1.29 is 14.6 Å². The van der Waals surface area contributed by atoms with Gasteiger partial charge < -0.3 is 14.6 Å². The number of hydrogen-bond acceptors (Lipinski definition) is 4. The molecule has 1 aromatic heterocycles. The van der Waals surface area contributed by atoms with Crippen molar-refractivity contribution in [3.63, 3.8) is 0 Å². The first-order valence-corrected chi connectivity index (χ1v) is 7.11. The third-order valence-electron chi connectivity index (χ3n) is 3.54. The summed E-state index contributed by atoms with van der Waals surface area (Å²) in [7, 11) is 3.18. The van der Waals surface area contributed by atoms with E-state index in [0.29, 0.717) is 23.6 Å². The number of ether oxygens (including phenoxy) is 2. The van der Waals surface area contributed by atoms with E-state index >= 15 is 0 Å². The third kappa shape index (κ3) is 3.03. The summed E-state index contributed by atoms with van der Waals surface area (Å²) in [5.41, 5.74) is 2.45. The molecule has 0 amide bonds. The average Bonchev–Trinajstić information content (AvgIpc) is 2.96. The Kier molecular flexibility index (Phi) is 4.85. The van der Waals surface area contributed by atoms with E-state index in [1.54, 1.807) is 20.3 Å². The van der Waals surface area contributed by atoms with E-state index in [2.05, 4.69) is 5.10 Å². The number of aliphatic hydroxyl groups excluding tert-OH is 1. The van der Waals surface area contributed by atoms with Crippen molar-refractivity contribution in [1.29, 1.82) is 0 Å². The Hall–Kier alpha value is -2.01. The van der Waals surface area contributed by atoms with Crippen LogP contribution < -0.4 is 9.47 Å². The van der Waals surface area contributed by atoms with Crippen molar-refractivity contribution in [2.45, 2.75) is 32.9 Å². The van der Waals surface area contributed by atoms with E-state index in [4.69, 9.17) is 9.47 Å². The molecule has 0 aliphatic carbocycles. The maximum Gasteiger partial charge on any atom is 0.128 e. The molecule has 0 bridgehead atoms. The molecule has 5 nitrogen and oxygen atoms in total. The lowest BCUT2D eigenvalue weighted by Gasteiger charge is -2.16. The van der Waals surface area contributed by atoms with E-state index in [0.717, 1.165) is 17.8 Å². The van der Waals surface area contributed by atoms with Gasteiger partial charge >= 0.3 is 0 Å². The van der Waals surface area contributed by atoms with Crippen LogP contribution in [0.2, 0.25) is 0 Å². The zero-order valence-corrected chi connectivity index (χ0v) is 13.0. The minimum Gasteiger partial charge on any atom is -0.497 e. The number of aryl methyl sites for hydroxylation is 2. The molecule has 2 aromatic rings. The number of benzene rings is 1. The van der Waals surface area contributed by atoms with Gasteiger partial charge in [-0.2, -0.15) is 5.10 Å². The Morgan fingerprint density at radius 2 is 1.95 bits per heavy atom. The molecule has 0 spiro atoms. The van der Waals surface area contributed by atoms with E-state index in [-0.39, 0.29) is 0 Å². The number of nitrogens with zero attached hydrogens (tertiary/aromatic N) is 2. The summed E-state index contributed by atoms with van der Waals surface area (Å²) < 4.78 is 12.4. The van der Waals surface area contributed by atoms with Gasteiger partial charge in [-0.1, -0.05) is 6.92 Å². The van der Waals surface area contributed by atoms with E-state index < -0.39 is 6.10 Å². The maximum absolute atomic E-state index is 10.7. The van der Waals surface area contributed by atoms with Gasteiger partial charge in [0, 0.05) is 18.2 Å². The second-order valence-corrected chi connectivity index (χ2v) is 4.74. The largest absolute Gasteiger partial charge is 0.497 e. The van der Waals surface area contributed by atoms with Gasteiger partial charge in [0.1, 0.15) is 17.6 Å². The molecule has 2 rings (SSSR count). The highest BCUT2D eigenvalue weighted by molar-refractivity contribution is 5.44. The summed E-state index contributed by atoms with van der Waals surface area (Å²) >= 11 is 0. The van der Waals surface area contributed by atoms with Gasteiger partial charge in [-0.25, -0.2) is 0 Å². The zero-order chi connectivity index (χ0) is 15.4. The number of aliphatic hydroxyl groups is 1. The van der Waals surface area contributed by atoms with Gasteiger partial charge in [-0.15, -0.1) is 0 Å². The van der Waals surface area contributed by atoms with Gasteiger partial charge in [0.05, 0.1) is 25.6 Å².